The van der Waals surface area contributed by atoms with Crippen molar-refractivity contribution in [2.75, 3.05) is 5.12 Å². The molecule has 2 N–H and O–H groups in total. The van der Waals surface area contributed by atoms with E-state index in [-0.39, 0.29) is 0 Å². The number of hydrogen-bond acceptors (Lipinski definition) is 3. The quantitative estimate of drug-likeness (QED) is 0.875. The summed E-state index contributed by atoms with van der Waals surface area (Å²) in [6.07, 6.45) is 0.889. The highest BCUT2D eigenvalue weighted by Gasteiger charge is 2.30. The number of rotatable bonds is 3. The minimum absolute atomic E-state index is 0.889. The minimum atomic E-state index is 0.889. The van der Waals surface area contributed by atoms with Crippen molar-refractivity contribution in [2.24, 2.45) is 5.10 Å². The fourth-order valence-corrected chi connectivity index (χ4v) is 2.09. The number of para-hydroxylation sites is 1. The van der Waals surface area contributed by atoms with Crippen molar-refractivity contribution >= 4 is 17.2 Å². The van der Waals surface area contributed by atoms with Gasteiger partial charge in [0.05, 0.1) is 0 Å². The van der Waals surface area contributed by atoms with Gasteiger partial charge in [0.2, 0.25) is 0 Å². The average molecular weight is 253 g/mol. The molecular weight excluding hydrogens is 236 g/mol. The second-order valence-corrected chi connectivity index (χ2v) is 4.38. The van der Waals surface area contributed by atoms with Gasteiger partial charge in [-0.3, -0.25) is 0 Å². The Bertz CT molecular complexity index is 565. The number of benzene rings is 2. The van der Waals surface area contributed by atoms with Crippen LogP contribution in [0.3, 0.4) is 0 Å². The summed E-state index contributed by atoms with van der Waals surface area (Å²) < 4.78 is 0. The number of nitrogens with zero attached hydrogens (tertiary/aromatic N) is 2. The van der Waals surface area contributed by atoms with Gasteiger partial charge in [0.25, 0.3) is 0 Å². The molecule has 2 aromatic carbocycles. The molecule has 0 radical (unpaired) electrons. The van der Waals surface area contributed by atoms with E-state index in [1.807, 2.05) is 41.5 Å². The number of hydrazine groups is 1. The van der Waals surface area contributed by atoms with E-state index in [0.717, 1.165) is 28.7 Å². The Morgan fingerprint density at radius 2 is 1.63 bits per heavy atom. The maximum atomic E-state index is 4.68. The SMILES string of the molecule is CCC1=N[NH+](c2ccccc2)N(c2ccccc2)N1. The van der Waals surface area contributed by atoms with Crippen molar-refractivity contribution < 1.29 is 5.12 Å². The smallest absolute Gasteiger partial charge is 0.184 e. The minimum Gasteiger partial charge on any atom is -0.233 e. The highest BCUT2D eigenvalue weighted by Crippen LogP contribution is 2.11. The first-order valence-corrected chi connectivity index (χ1v) is 6.50. The van der Waals surface area contributed by atoms with Crippen LogP contribution in [0.15, 0.2) is 65.8 Å². The largest absolute Gasteiger partial charge is 0.233 e. The molecule has 3 rings (SSSR count). The van der Waals surface area contributed by atoms with Crippen molar-refractivity contribution in [1.29, 1.82) is 0 Å². The van der Waals surface area contributed by atoms with Gasteiger partial charge in [-0.15, -0.1) is 0 Å². The van der Waals surface area contributed by atoms with Crippen LogP contribution in [0.2, 0.25) is 0 Å². The number of amidine groups is 1. The number of hydrogen-bond donors (Lipinski definition) is 2. The number of anilines is 1. The van der Waals surface area contributed by atoms with Crippen LogP contribution in [-0.2, 0) is 0 Å². The first kappa shape index (κ1) is 11.7. The van der Waals surface area contributed by atoms with E-state index in [1.165, 1.54) is 0 Å². The third-order valence-electron chi connectivity index (χ3n) is 3.07. The molecule has 1 heterocycles. The standard InChI is InChI=1S/C15H16N4/c1-2-15-16-18(13-9-5-3-6-10-13)19(17-15)14-11-7-4-8-12-14/h3-12H,2H2,1H3,(H,16,17)/p+1. The molecule has 1 unspecified atom stereocenters. The molecule has 0 spiro atoms. The highest BCUT2D eigenvalue weighted by molar-refractivity contribution is 5.83. The Morgan fingerprint density at radius 1 is 1.00 bits per heavy atom. The van der Waals surface area contributed by atoms with E-state index < -0.39 is 0 Å². The van der Waals surface area contributed by atoms with Gasteiger partial charge in [0, 0.05) is 18.6 Å². The molecule has 0 bridgehead atoms. The normalized spacial score (nSPS) is 18.1. The van der Waals surface area contributed by atoms with Crippen molar-refractivity contribution in [3.05, 3.63) is 60.7 Å². The molecule has 0 aromatic heterocycles. The van der Waals surface area contributed by atoms with Crippen LogP contribution in [0.5, 0.6) is 0 Å². The zero-order valence-electron chi connectivity index (χ0n) is 10.9. The van der Waals surface area contributed by atoms with Gasteiger partial charge >= 0.3 is 0 Å². The molecule has 0 fully saturated rings. The predicted octanol–water partition coefficient (Wildman–Crippen LogP) is 1.87. The third kappa shape index (κ3) is 2.30. The van der Waals surface area contributed by atoms with Crippen LogP contribution in [0.25, 0.3) is 0 Å². The molecular formula is C15H17N4+. The first-order chi connectivity index (χ1) is 9.38. The summed E-state index contributed by atoms with van der Waals surface area (Å²) >= 11 is 0. The van der Waals surface area contributed by atoms with Crippen LogP contribution in [0, 0.1) is 0 Å². The molecule has 0 saturated heterocycles. The van der Waals surface area contributed by atoms with Crippen molar-refractivity contribution in [3.63, 3.8) is 0 Å². The summed E-state index contributed by atoms with van der Waals surface area (Å²) in [6, 6.07) is 20.5. The highest BCUT2D eigenvalue weighted by atomic mass is 15.9. The number of nitrogens with one attached hydrogen (secondary N) is 2. The zero-order chi connectivity index (χ0) is 13.1. The van der Waals surface area contributed by atoms with Crippen LogP contribution < -0.4 is 15.7 Å². The molecule has 4 heteroatoms. The van der Waals surface area contributed by atoms with Crippen LogP contribution >= 0.6 is 0 Å². The van der Waals surface area contributed by atoms with E-state index in [2.05, 4.69) is 41.7 Å². The molecule has 0 aliphatic carbocycles. The molecule has 0 saturated carbocycles. The summed E-state index contributed by atoms with van der Waals surface area (Å²) in [5.41, 5.74) is 5.56. The van der Waals surface area contributed by atoms with E-state index in [1.54, 1.807) is 0 Å². The second kappa shape index (κ2) is 5.12. The topological polar surface area (TPSA) is 32.1 Å². The lowest BCUT2D eigenvalue weighted by Gasteiger charge is -2.21. The maximum Gasteiger partial charge on any atom is 0.184 e. The molecule has 96 valence electrons. The second-order valence-electron chi connectivity index (χ2n) is 4.38. The molecule has 2 aromatic rings. The maximum absolute atomic E-state index is 4.68. The Labute approximate surface area is 112 Å². The molecule has 4 nitrogen and oxygen atoms in total. The van der Waals surface area contributed by atoms with Crippen LogP contribution in [0.4, 0.5) is 11.4 Å². The van der Waals surface area contributed by atoms with Gasteiger partial charge in [-0.2, -0.15) is 0 Å². The fourth-order valence-electron chi connectivity index (χ4n) is 2.09. The van der Waals surface area contributed by atoms with E-state index in [4.69, 9.17) is 0 Å². The lowest BCUT2D eigenvalue weighted by molar-refractivity contribution is -0.846. The van der Waals surface area contributed by atoms with Crippen molar-refractivity contribution in [3.8, 4) is 0 Å². The van der Waals surface area contributed by atoms with Gasteiger partial charge in [0.1, 0.15) is 5.69 Å². The van der Waals surface area contributed by atoms with Crippen LogP contribution in [-0.4, -0.2) is 5.84 Å². The van der Waals surface area contributed by atoms with Crippen molar-refractivity contribution in [1.82, 2.24) is 5.43 Å². The van der Waals surface area contributed by atoms with Gasteiger partial charge in [0.15, 0.2) is 11.5 Å². The fraction of sp³-hybridized carbons (Fsp3) is 0.133. The third-order valence-corrected chi connectivity index (χ3v) is 3.07. The first-order valence-electron chi connectivity index (χ1n) is 6.50. The Kier molecular flexibility index (Phi) is 3.16. The lowest BCUT2D eigenvalue weighted by Crippen LogP contribution is -3.10. The molecule has 1 aliphatic rings. The summed E-state index contributed by atoms with van der Waals surface area (Å²) in [5.74, 6) is 0.989. The Balaban J connectivity index is 1.96. The summed E-state index contributed by atoms with van der Waals surface area (Å²) in [7, 11) is 0. The lowest BCUT2D eigenvalue weighted by atomic mass is 10.3. The van der Waals surface area contributed by atoms with Gasteiger partial charge in [-0.1, -0.05) is 53.6 Å². The molecule has 0 amide bonds. The zero-order valence-corrected chi connectivity index (χ0v) is 10.9. The number of quaternary nitrogens is 1. The summed E-state index contributed by atoms with van der Waals surface area (Å²) in [6.45, 7) is 2.10. The van der Waals surface area contributed by atoms with Crippen molar-refractivity contribution in [2.45, 2.75) is 13.3 Å². The van der Waals surface area contributed by atoms with E-state index >= 15 is 0 Å². The Morgan fingerprint density at radius 3 is 2.26 bits per heavy atom. The molecule has 19 heavy (non-hydrogen) atoms. The molecule has 1 atom stereocenters. The van der Waals surface area contributed by atoms with Crippen LogP contribution in [0.1, 0.15) is 13.3 Å². The van der Waals surface area contributed by atoms with E-state index in [9.17, 15) is 0 Å². The van der Waals surface area contributed by atoms with Gasteiger partial charge in [-0.05, 0) is 17.2 Å². The molecule has 1 aliphatic heterocycles. The Hall–Kier alpha value is -2.33. The summed E-state index contributed by atoms with van der Waals surface area (Å²) in [4.78, 5) is 0. The van der Waals surface area contributed by atoms with E-state index in [0.29, 0.717) is 0 Å². The van der Waals surface area contributed by atoms with Gasteiger partial charge in [-0.25, -0.2) is 5.43 Å². The average Bonchev–Trinajstić information content (AvgIpc) is 2.93. The summed E-state index contributed by atoms with van der Waals surface area (Å²) in [5, 5.41) is 7.67. The monoisotopic (exact) mass is 253 g/mol. The predicted molar refractivity (Wildman–Crippen MR) is 76.8 cm³/mol. The van der Waals surface area contributed by atoms with Gasteiger partial charge < -0.3 is 0 Å².